The molecule has 0 amide bonds. The van der Waals surface area contributed by atoms with Crippen molar-refractivity contribution in [3.8, 4) is 0 Å². The standard InChI is InChI=1S/C10H13FN2O5S/c1-4-2-13(9(19)12-7(4)17)8-5(15)6(16)10(11,3-14)18-8/h2,5-6,8,14-16H,3H2,1H3,(H,12,17,19)/t5-,6+,8-,10-/m1/s1/i8D. The molecule has 1 aromatic rings. The minimum absolute atomic E-state index is 0.149. The molecule has 4 atom stereocenters. The Hall–Kier alpha value is -1.13. The number of ether oxygens (including phenoxy) is 1. The van der Waals surface area contributed by atoms with Crippen LogP contribution in [0.1, 0.15) is 13.1 Å². The number of alkyl halides is 1. The monoisotopic (exact) mass is 293 g/mol. The summed E-state index contributed by atoms with van der Waals surface area (Å²) in [6.07, 6.45) is -5.56. The van der Waals surface area contributed by atoms with Gasteiger partial charge in [0.05, 0.1) is 1.37 Å². The van der Waals surface area contributed by atoms with Crippen molar-refractivity contribution in [3.05, 3.63) is 26.9 Å². The molecule has 7 nitrogen and oxygen atoms in total. The van der Waals surface area contributed by atoms with Gasteiger partial charge >= 0.3 is 0 Å². The van der Waals surface area contributed by atoms with Crippen LogP contribution in [0.2, 0.25) is 0 Å². The molecule has 1 fully saturated rings. The molecule has 0 unspecified atom stereocenters. The van der Waals surface area contributed by atoms with E-state index < -0.39 is 36.4 Å². The molecule has 0 saturated carbocycles. The SMILES string of the molecule is [2H][C@@]1(n2cc(C)c(=O)[nH]c2=S)O[C@](F)(CO)[C@@H](O)[C@H]1O. The Bertz CT molecular complexity index is 651. The van der Waals surface area contributed by atoms with Gasteiger partial charge < -0.3 is 20.1 Å². The molecule has 1 saturated heterocycles. The second-order valence-electron chi connectivity index (χ2n) is 4.22. The fourth-order valence-corrected chi connectivity index (χ4v) is 1.95. The average Bonchev–Trinajstić information content (AvgIpc) is 2.56. The molecule has 4 N–H and O–H groups in total. The minimum Gasteiger partial charge on any atom is -0.390 e. The Morgan fingerprint density at radius 2 is 2.37 bits per heavy atom. The van der Waals surface area contributed by atoms with Crippen LogP contribution < -0.4 is 5.56 Å². The summed E-state index contributed by atoms with van der Waals surface area (Å²) in [5, 5.41) is 28.3. The van der Waals surface area contributed by atoms with E-state index in [0.717, 1.165) is 10.8 Å². The van der Waals surface area contributed by atoms with Gasteiger partial charge in [-0.1, -0.05) is 0 Å². The summed E-state index contributed by atoms with van der Waals surface area (Å²) in [5.41, 5.74) is -0.354. The quantitative estimate of drug-likeness (QED) is 0.528. The van der Waals surface area contributed by atoms with E-state index in [1.54, 1.807) is 0 Å². The highest BCUT2D eigenvalue weighted by Crippen LogP contribution is 2.37. The van der Waals surface area contributed by atoms with E-state index in [1.165, 1.54) is 6.92 Å². The van der Waals surface area contributed by atoms with Crippen LogP contribution in [0.25, 0.3) is 0 Å². The van der Waals surface area contributed by atoms with Crippen molar-refractivity contribution in [2.24, 2.45) is 0 Å². The van der Waals surface area contributed by atoms with Gasteiger partial charge in [-0.2, -0.15) is 0 Å². The minimum atomic E-state index is -3.00. The maximum absolute atomic E-state index is 14.1. The number of aryl methyl sites for hydroxylation is 1. The summed E-state index contributed by atoms with van der Waals surface area (Å²) in [5.74, 6) is -3.00. The van der Waals surface area contributed by atoms with Crippen LogP contribution in [-0.2, 0) is 4.74 Å². The number of aliphatic hydroxyl groups is 3. The smallest absolute Gasteiger partial charge is 0.263 e. The lowest BCUT2D eigenvalue weighted by Crippen LogP contribution is -2.42. The number of aliphatic hydroxyl groups excluding tert-OH is 3. The summed E-state index contributed by atoms with van der Waals surface area (Å²) in [7, 11) is 0. The van der Waals surface area contributed by atoms with Crippen molar-refractivity contribution in [3.63, 3.8) is 0 Å². The maximum atomic E-state index is 14.1. The van der Waals surface area contributed by atoms with Crippen molar-refractivity contribution < 1.29 is 25.8 Å². The van der Waals surface area contributed by atoms with E-state index in [2.05, 4.69) is 4.98 Å². The first-order valence-electron chi connectivity index (χ1n) is 5.85. The Labute approximate surface area is 113 Å². The van der Waals surface area contributed by atoms with Gasteiger partial charge in [-0.25, -0.2) is 4.39 Å². The van der Waals surface area contributed by atoms with E-state index >= 15 is 0 Å². The summed E-state index contributed by atoms with van der Waals surface area (Å²) < 4.78 is 27.3. The zero-order chi connectivity index (χ0) is 15.3. The van der Waals surface area contributed by atoms with Crippen molar-refractivity contribution in [2.75, 3.05) is 6.61 Å². The average molecular weight is 293 g/mol. The first-order chi connectivity index (χ1) is 9.15. The van der Waals surface area contributed by atoms with E-state index in [1.807, 2.05) is 0 Å². The second kappa shape index (κ2) is 4.76. The Morgan fingerprint density at radius 1 is 1.74 bits per heavy atom. The largest absolute Gasteiger partial charge is 0.390 e. The van der Waals surface area contributed by atoms with E-state index in [4.69, 9.17) is 23.4 Å². The number of H-pyrrole nitrogens is 1. The molecule has 1 aliphatic heterocycles. The highest BCUT2D eigenvalue weighted by Gasteiger charge is 2.55. The molecule has 2 rings (SSSR count). The van der Waals surface area contributed by atoms with Crippen molar-refractivity contribution >= 4 is 12.2 Å². The third-order valence-corrected chi connectivity index (χ3v) is 3.14. The number of nitrogens with one attached hydrogen (secondary N) is 1. The molecule has 0 bridgehead atoms. The van der Waals surface area contributed by atoms with Gasteiger partial charge in [0.2, 0.25) is 0 Å². The zero-order valence-electron chi connectivity index (χ0n) is 10.8. The number of halogens is 1. The molecular weight excluding hydrogens is 279 g/mol. The molecule has 0 spiro atoms. The van der Waals surface area contributed by atoms with Crippen LogP contribution in [0.15, 0.2) is 11.0 Å². The molecule has 1 aliphatic rings. The third kappa shape index (κ3) is 2.23. The first kappa shape index (κ1) is 12.9. The Kier molecular flexibility index (Phi) is 3.23. The summed E-state index contributed by atoms with van der Waals surface area (Å²) in [6.45, 7) is 0.168. The molecule has 0 radical (unpaired) electrons. The molecule has 2 heterocycles. The molecule has 9 heteroatoms. The van der Waals surface area contributed by atoms with Crippen molar-refractivity contribution in [1.82, 2.24) is 9.55 Å². The van der Waals surface area contributed by atoms with Crippen LogP contribution in [0.3, 0.4) is 0 Å². The summed E-state index contributed by atoms with van der Waals surface area (Å²) in [4.78, 5) is 13.6. The van der Waals surface area contributed by atoms with Crippen LogP contribution in [0.5, 0.6) is 0 Å². The van der Waals surface area contributed by atoms with Crippen LogP contribution in [-0.4, -0.2) is 49.5 Å². The molecule has 106 valence electrons. The predicted molar refractivity (Wildman–Crippen MR) is 63.7 cm³/mol. The highest BCUT2D eigenvalue weighted by molar-refractivity contribution is 7.71. The number of rotatable bonds is 2. The molecule has 19 heavy (non-hydrogen) atoms. The highest BCUT2D eigenvalue weighted by atomic mass is 32.1. The van der Waals surface area contributed by atoms with Crippen LogP contribution in [0.4, 0.5) is 4.39 Å². The Balaban J connectivity index is 2.60. The normalized spacial score (nSPS) is 39.3. The van der Waals surface area contributed by atoms with Gasteiger partial charge in [0.15, 0.2) is 11.0 Å². The van der Waals surface area contributed by atoms with Crippen LogP contribution in [0, 0.1) is 11.7 Å². The maximum Gasteiger partial charge on any atom is 0.263 e. The van der Waals surface area contributed by atoms with E-state index in [9.17, 15) is 19.4 Å². The number of hydrogen-bond donors (Lipinski definition) is 4. The van der Waals surface area contributed by atoms with Gasteiger partial charge in [-0.3, -0.25) is 14.3 Å². The fraction of sp³-hybridized carbons (Fsp3) is 0.600. The summed E-state index contributed by atoms with van der Waals surface area (Å²) in [6, 6.07) is 0. The Morgan fingerprint density at radius 3 is 2.89 bits per heavy atom. The van der Waals surface area contributed by atoms with Gasteiger partial charge in [0.1, 0.15) is 18.8 Å². The number of aromatic amines is 1. The topological polar surface area (TPSA) is 108 Å². The number of nitrogens with zero attached hydrogens (tertiary/aromatic N) is 1. The van der Waals surface area contributed by atoms with Crippen LogP contribution >= 0.6 is 12.2 Å². The lowest BCUT2D eigenvalue weighted by molar-refractivity contribution is -0.207. The second-order valence-corrected chi connectivity index (χ2v) is 4.60. The molecule has 0 aromatic carbocycles. The lowest BCUT2D eigenvalue weighted by atomic mass is 10.1. The predicted octanol–water partition coefficient (Wildman–Crippen LogP) is -0.877. The first-order valence-corrected chi connectivity index (χ1v) is 5.75. The fourth-order valence-electron chi connectivity index (χ4n) is 1.71. The lowest BCUT2D eigenvalue weighted by Gasteiger charge is -2.20. The van der Waals surface area contributed by atoms with E-state index in [0.29, 0.717) is 0 Å². The van der Waals surface area contributed by atoms with Gasteiger partial charge in [-0.15, -0.1) is 0 Å². The van der Waals surface area contributed by atoms with Gasteiger partial charge in [-0.05, 0) is 19.1 Å². The molecule has 1 aromatic heterocycles. The zero-order valence-corrected chi connectivity index (χ0v) is 10.6. The van der Waals surface area contributed by atoms with Crippen molar-refractivity contribution in [1.29, 1.82) is 0 Å². The van der Waals surface area contributed by atoms with Gasteiger partial charge in [0.25, 0.3) is 11.4 Å². The number of hydrogen-bond acceptors (Lipinski definition) is 6. The molecular formula is C10H13FN2O5S. The van der Waals surface area contributed by atoms with Crippen molar-refractivity contribution in [2.45, 2.75) is 31.2 Å². The van der Waals surface area contributed by atoms with E-state index in [-0.39, 0.29) is 10.3 Å². The number of aromatic nitrogens is 2. The summed E-state index contributed by atoms with van der Waals surface area (Å²) >= 11 is 4.84. The third-order valence-electron chi connectivity index (χ3n) is 2.84. The van der Waals surface area contributed by atoms with Gasteiger partial charge in [0, 0.05) is 11.8 Å². The molecule has 0 aliphatic carbocycles.